The second-order valence-electron chi connectivity index (χ2n) is 9.42. The fraction of sp³-hybridized carbons (Fsp3) is 0.167. The molecule has 0 unspecified atom stereocenters. The number of benzene rings is 2. The van der Waals surface area contributed by atoms with E-state index in [0.29, 0.717) is 33.9 Å². The SMILES string of the molecule is COc1cc2nccc(Oc3ccc(NC(=O)Oc4cn(C(C)C)c(=O)n(-c5ccc(F)cc5)c4=O)nc3)c2cc1OC. The minimum Gasteiger partial charge on any atom is -0.493 e. The highest BCUT2D eigenvalue weighted by molar-refractivity contribution is 5.88. The van der Waals surface area contributed by atoms with Crippen LogP contribution in [0.3, 0.4) is 0 Å². The third-order valence-corrected chi connectivity index (χ3v) is 6.33. The van der Waals surface area contributed by atoms with E-state index in [4.69, 9.17) is 18.9 Å². The van der Waals surface area contributed by atoms with Gasteiger partial charge in [-0.25, -0.2) is 23.5 Å². The Bertz CT molecular complexity index is 1920. The normalized spacial score (nSPS) is 10.9. The largest absolute Gasteiger partial charge is 0.493 e. The predicted octanol–water partition coefficient (Wildman–Crippen LogP) is 5.08. The number of amides is 1. The molecule has 0 atom stereocenters. The van der Waals surface area contributed by atoms with Gasteiger partial charge in [-0.2, -0.15) is 0 Å². The van der Waals surface area contributed by atoms with Gasteiger partial charge in [0.15, 0.2) is 11.5 Å². The zero-order chi connectivity index (χ0) is 30.7. The standard InChI is InChI=1S/C30H26FN5O7/c1-17(2)35-16-26(28(37)36(30(35)39)19-7-5-18(31)6-8-19)43-29(38)34-27-10-9-20(15-33-27)42-23-11-12-32-22-14-25(41-4)24(40-3)13-21(22)23/h5-17H,1-4H3,(H,33,34,38). The molecule has 12 nitrogen and oxygen atoms in total. The van der Waals surface area contributed by atoms with E-state index in [1.165, 1.54) is 43.2 Å². The molecule has 0 saturated heterocycles. The number of nitrogens with zero attached hydrogens (tertiary/aromatic N) is 4. The number of carbonyl (C=O) groups is 1. The average Bonchev–Trinajstić information content (AvgIpc) is 2.99. The lowest BCUT2D eigenvalue weighted by Gasteiger charge is -2.15. The van der Waals surface area contributed by atoms with Gasteiger partial charge >= 0.3 is 17.3 Å². The van der Waals surface area contributed by atoms with Crippen LogP contribution in [0.25, 0.3) is 16.6 Å². The summed E-state index contributed by atoms with van der Waals surface area (Å²) in [6.45, 7) is 3.45. The Hall–Kier alpha value is -5.72. The van der Waals surface area contributed by atoms with E-state index >= 15 is 0 Å². The molecule has 5 rings (SSSR count). The summed E-state index contributed by atoms with van der Waals surface area (Å²) in [6, 6.07) is 12.7. The van der Waals surface area contributed by atoms with Crippen molar-refractivity contribution >= 4 is 22.8 Å². The maximum atomic E-state index is 13.4. The van der Waals surface area contributed by atoms with E-state index in [0.717, 1.165) is 22.9 Å². The van der Waals surface area contributed by atoms with Gasteiger partial charge in [0.2, 0.25) is 5.75 Å². The van der Waals surface area contributed by atoms with Crippen molar-refractivity contribution in [3.63, 3.8) is 0 Å². The smallest absolute Gasteiger partial charge is 0.418 e. The van der Waals surface area contributed by atoms with Crippen LogP contribution in [0.4, 0.5) is 15.0 Å². The number of hydrogen-bond acceptors (Lipinski definition) is 9. The van der Waals surface area contributed by atoms with Gasteiger partial charge in [-0.15, -0.1) is 0 Å². The molecule has 0 aliphatic heterocycles. The maximum Gasteiger partial charge on any atom is 0.418 e. The van der Waals surface area contributed by atoms with Crippen LogP contribution in [0.15, 0.2) is 82.8 Å². The van der Waals surface area contributed by atoms with Gasteiger partial charge < -0.3 is 18.9 Å². The van der Waals surface area contributed by atoms with Gasteiger partial charge in [0.05, 0.1) is 37.8 Å². The number of nitrogens with one attached hydrogen (secondary N) is 1. The Morgan fingerprint density at radius 1 is 0.907 bits per heavy atom. The van der Waals surface area contributed by atoms with Gasteiger partial charge in [0.25, 0.3) is 0 Å². The van der Waals surface area contributed by atoms with Crippen molar-refractivity contribution in [1.29, 1.82) is 0 Å². The molecule has 13 heteroatoms. The van der Waals surface area contributed by atoms with E-state index in [1.54, 1.807) is 44.3 Å². The number of ether oxygens (including phenoxy) is 4. The summed E-state index contributed by atoms with van der Waals surface area (Å²) in [6.07, 6.45) is 3.13. The summed E-state index contributed by atoms with van der Waals surface area (Å²) in [5.41, 5.74) is -0.810. The van der Waals surface area contributed by atoms with Crippen molar-refractivity contribution in [2.24, 2.45) is 0 Å². The first-order valence-electron chi connectivity index (χ1n) is 13.0. The molecule has 0 aliphatic carbocycles. The number of rotatable bonds is 8. The van der Waals surface area contributed by atoms with E-state index in [2.05, 4.69) is 15.3 Å². The summed E-state index contributed by atoms with van der Waals surface area (Å²) in [5, 5.41) is 3.12. The summed E-state index contributed by atoms with van der Waals surface area (Å²) < 4.78 is 37.5. The number of carbonyl (C=O) groups excluding carboxylic acids is 1. The van der Waals surface area contributed by atoms with Gasteiger partial charge in [-0.05, 0) is 62.4 Å². The molecular formula is C30H26FN5O7. The summed E-state index contributed by atoms with van der Waals surface area (Å²) in [4.78, 5) is 47.3. The second-order valence-corrected chi connectivity index (χ2v) is 9.42. The Morgan fingerprint density at radius 2 is 1.63 bits per heavy atom. The molecule has 0 spiro atoms. The molecule has 5 aromatic rings. The summed E-state index contributed by atoms with van der Waals surface area (Å²) in [5.74, 6) is 1.06. The van der Waals surface area contributed by atoms with Gasteiger partial charge in [0, 0.05) is 23.7 Å². The average molecular weight is 588 g/mol. The number of fused-ring (bicyclic) bond motifs is 1. The van der Waals surface area contributed by atoms with Crippen molar-refractivity contribution in [1.82, 2.24) is 19.1 Å². The molecule has 0 radical (unpaired) electrons. The number of halogens is 1. The van der Waals surface area contributed by atoms with Crippen molar-refractivity contribution in [3.8, 4) is 34.4 Å². The highest BCUT2D eigenvalue weighted by Gasteiger charge is 2.19. The molecule has 2 aromatic carbocycles. The fourth-order valence-corrected chi connectivity index (χ4v) is 4.22. The first-order valence-corrected chi connectivity index (χ1v) is 13.0. The third kappa shape index (κ3) is 6.00. The number of aromatic nitrogens is 4. The Labute approximate surface area is 243 Å². The molecule has 0 bridgehead atoms. The molecule has 0 aliphatic rings. The minimum absolute atomic E-state index is 0.111. The Kier molecular flexibility index (Phi) is 8.05. The van der Waals surface area contributed by atoms with Crippen molar-refractivity contribution in [2.75, 3.05) is 19.5 Å². The molecule has 43 heavy (non-hydrogen) atoms. The molecule has 1 N–H and O–H groups in total. The number of anilines is 1. The molecule has 3 heterocycles. The van der Waals surface area contributed by atoms with E-state index < -0.39 is 28.9 Å². The highest BCUT2D eigenvalue weighted by Crippen LogP contribution is 2.36. The van der Waals surface area contributed by atoms with Crippen LogP contribution in [0.2, 0.25) is 0 Å². The molecule has 1 amide bonds. The van der Waals surface area contributed by atoms with Gasteiger partial charge in [-0.3, -0.25) is 19.7 Å². The maximum absolute atomic E-state index is 13.4. The van der Waals surface area contributed by atoms with E-state index in [9.17, 15) is 18.8 Å². The number of pyridine rings is 2. The van der Waals surface area contributed by atoms with Crippen molar-refractivity contribution < 1.29 is 28.1 Å². The highest BCUT2D eigenvalue weighted by atomic mass is 19.1. The summed E-state index contributed by atoms with van der Waals surface area (Å²) in [7, 11) is 3.07. The lowest BCUT2D eigenvalue weighted by Crippen LogP contribution is -2.40. The topological polar surface area (TPSA) is 136 Å². The molecule has 3 aromatic heterocycles. The molecule has 0 fully saturated rings. The van der Waals surface area contributed by atoms with Crippen LogP contribution in [0.5, 0.6) is 28.7 Å². The molecular weight excluding hydrogens is 561 g/mol. The third-order valence-electron chi connectivity index (χ3n) is 6.33. The fourth-order valence-electron chi connectivity index (χ4n) is 4.22. The Balaban J connectivity index is 1.35. The van der Waals surface area contributed by atoms with Crippen LogP contribution in [0, 0.1) is 5.82 Å². The number of hydrogen-bond donors (Lipinski definition) is 1. The van der Waals surface area contributed by atoms with Crippen LogP contribution in [-0.2, 0) is 0 Å². The monoisotopic (exact) mass is 587 g/mol. The van der Waals surface area contributed by atoms with Crippen molar-refractivity contribution in [3.05, 3.63) is 99.8 Å². The first-order chi connectivity index (χ1) is 20.7. The zero-order valence-electron chi connectivity index (χ0n) is 23.5. The predicted molar refractivity (Wildman–Crippen MR) is 155 cm³/mol. The van der Waals surface area contributed by atoms with Crippen LogP contribution < -0.4 is 35.5 Å². The van der Waals surface area contributed by atoms with Crippen LogP contribution in [0.1, 0.15) is 19.9 Å². The quantitative estimate of drug-likeness (QED) is 0.264. The lowest BCUT2D eigenvalue weighted by atomic mass is 10.2. The van der Waals surface area contributed by atoms with Gasteiger partial charge in [-0.1, -0.05) is 0 Å². The minimum atomic E-state index is -1.01. The summed E-state index contributed by atoms with van der Waals surface area (Å²) >= 11 is 0. The number of methoxy groups -OCH3 is 2. The zero-order valence-corrected chi connectivity index (χ0v) is 23.5. The van der Waals surface area contributed by atoms with Crippen LogP contribution in [-0.4, -0.2) is 39.4 Å². The first kappa shape index (κ1) is 28.8. The lowest BCUT2D eigenvalue weighted by molar-refractivity contribution is 0.213. The van der Waals surface area contributed by atoms with Gasteiger partial charge in [0.1, 0.15) is 23.1 Å². The van der Waals surface area contributed by atoms with E-state index in [-0.39, 0.29) is 17.5 Å². The van der Waals surface area contributed by atoms with E-state index in [1.807, 2.05) is 0 Å². The molecule has 0 saturated carbocycles. The Morgan fingerprint density at radius 3 is 2.28 bits per heavy atom. The van der Waals surface area contributed by atoms with Crippen molar-refractivity contribution in [2.45, 2.75) is 19.9 Å². The second kappa shape index (κ2) is 12.0. The van der Waals surface area contributed by atoms with Crippen LogP contribution >= 0.6 is 0 Å². The molecule has 220 valence electrons.